The Labute approximate surface area is 255 Å². The van der Waals surface area contributed by atoms with E-state index in [-0.39, 0.29) is 11.0 Å². The van der Waals surface area contributed by atoms with E-state index in [4.69, 9.17) is 0 Å². The fourth-order valence-corrected chi connectivity index (χ4v) is 7.76. The molecule has 1 aliphatic heterocycles. The van der Waals surface area contributed by atoms with Gasteiger partial charge in [-0.1, -0.05) is 135 Å². The molecule has 2 heterocycles. The van der Waals surface area contributed by atoms with Gasteiger partial charge in [-0.15, -0.1) is 0 Å². The van der Waals surface area contributed by atoms with Gasteiger partial charge in [0.2, 0.25) is 0 Å². The topological polar surface area (TPSA) is 22.0 Å². The smallest absolute Gasteiger partial charge is 0.263 e. The fraction of sp³-hybridized carbons (Fsp3) is 0.0714. The van der Waals surface area contributed by atoms with Crippen LogP contribution in [0.4, 0.5) is 0 Å². The van der Waals surface area contributed by atoms with E-state index in [1.165, 1.54) is 49.4 Å². The average Bonchev–Trinajstić information content (AvgIpc) is 3.07. The van der Waals surface area contributed by atoms with E-state index in [9.17, 15) is 4.79 Å². The number of rotatable bonds is 2. The highest BCUT2D eigenvalue weighted by Gasteiger charge is 2.34. The van der Waals surface area contributed by atoms with Gasteiger partial charge in [0.05, 0.1) is 11.2 Å². The zero-order valence-corrected chi connectivity index (χ0v) is 24.6. The van der Waals surface area contributed by atoms with Crippen LogP contribution in [0.3, 0.4) is 0 Å². The average molecular weight is 564 g/mol. The normalized spacial score (nSPS) is 13.5. The van der Waals surface area contributed by atoms with Crippen molar-refractivity contribution in [1.82, 2.24) is 4.57 Å². The first-order chi connectivity index (χ1) is 21.5. The van der Waals surface area contributed by atoms with E-state index in [0.29, 0.717) is 0 Å². The Balaban J connectivity index is 1.41. The lowest BCUT2D eigenvalue weighted by molar-refractivity contribution is 0.626. The van der Waals surface area contributed by atoms with Gasteiger partial charge in [0.25, 0.3) is 5.56 Å². The molecular weight excluding hydrogens is 534 g/mol. The molecule has 0 amide bonds. The third kappa shape index (κ3) is 3.28. The van der Waals surface area contributed by atoms with Gasteiger partial charge in [-0.25, -0.2) is 0 Å². The lowest BCUT2D eigenvalue weighted by atomic mass is 9.74. The Morgan fingerprint density at radius 3 is 1.68 bits per heavy atom. The highest BCUT2D eigenvalue weighted by molar-refractivity contribution is 6.22. The van der Waals surface area contributed by atoms with Crippen LogP contribution >= 0.6 is 0 Å². The van der Waals surface area contributed by atoms with Crippen LogP contribution < -0.4 is 5.56 Å². The zero-order chi connectivity index (χ0) is 29.6. The molecule has 208 valence electrons. The molecule has 0 atom stereocenters. The number of pyridine rings is 1. The molecule has 44 heavy (non-hydrogen) atoms. The maximum Gasteiger partial charge on any atom is 0.263 e. The summed E-state index contributed by atoms with van der Waals surface area (Å²) >= 11 is 0. The van der Waals surface area contributed by atoms with Gasteiger partial charge in [0.1, 0.15) is 0 Å². The van der Waals surface area contributed by atoms with Crippen LogP contribution in [0.1, 0.15) is 25.0 Å². The molecule has 2 nitrogen and oxygen atoms in total. The van der Waals surface area contributed by atoms with E-state index < -0.39 is 0 Å². The van der Waals surface area contributed by atoms with E-state index in [1.807, 2.05) is 16.7 Å². The van der Waals surface area contributed by atoms with Crippen LogP contribution in [0, 0.1) is 0 Å². The summed E-state index contributed by atoms with van der Waals surface area (Å²) in [6.45, 7) is 4.53. The summed E-state index contributed by atoms with van der Waals surface area (Å²) in [6, 6.07) is 49.4. The van der Waals surface area contributed by atoms with E-state index in [0.717, 1.165) is 32.9 Å². The van der Waals surface area contributed by atoms with Crippen molar-refractivity contribution >= 4 is 43.2 Å². The summed E-state index contributed by atoms with van der Waals surface area (Å²) in [5.74, 6) is 0. The van der Waals surface area contributed by atoms with E-state index in [2.05, 4.69) is 141 Å². The minimum atomic E-state index is -0.229. The number of hydrogen-bond donors (Lipinski definition) is 0. The lowest BCUT2D eigenvalue weighted by Crippen LogP contribution is -2.32. The Morgan fingerprint density at radius 2 is 1.00 bits per heavy atom. The highest BCUT2D eigenvalue weighted by Crippen LogP contribution is 2.46. The molecule has 2 heteroatoms. The quantitative estimate of drug-likeness (QED) is 0.151. The van der Waals surface area contributed by atoms with Gasteiger partial charge < -0.3 is 0 Å². The van der Waals surface area contributed by atoms with Crippen LogP contribution in [0.5, 0.6) is 0 Å². The molecule has 0 bridgehead atoms. The molecule has 0 aliphatic carbocycles. The van der Waals surface area contributed by atoms with Crippen molar-refractivity contribution in [3.8, 4) is 27.9 Å². The molecule has 9 rings (SSSR count). The number of fused-ring (bicyclic) bond motifs is 6. The molecule has 0 fully saturated rings. The van der Waals surface area contributed by atoms with Gasteiger partial charge in [-0.3, -0.25) is 9.36 Å². The van der Waals surface area contributed by atoms with Gasteiger partial charge in [-0.05, 0) is 78.5 Å². The second-order valence-electron chi connectivity index (χ2n) is 12.5. The van der Waals surface area contributed by atoms with Crippen LogP contribution in [0.15, 0.2) is 144 Å². The van der Waals surface area contributed by atoms with Crippen LogP contribution in [0.2, 0.25) is 0 Å². The maximum absolute atomic E-state index is 14.4. The van der Waals surface area contributed by atoms with Gasteiger partial charge in [0.15, 0.2) is 0 Å². The number of nitrogens with zero attached hydrogens (tertiary/aromatic N) is 1. The van der Waals surface area contributed by atoms with Crippen molar-refractivity contribution in [3.63, 3.8) is 0 Å². The summed E-state index contributed by atoms with van der Waals surface area (Å²) < 4.78 is 1.95. The van der Waals surface area contributed by atoms with Crippen LogP contribution in [-0.2, 0) is 5.41 Å². The van der Waals surface area contributed by atoms with Gasteiger partial charge in [-0.2, -0.15) is 0 Å². The first kappa shape index (κ1) is 25.1. The van der Waals surface area contributed by atoms with Crippen LogP contribution in [0.25, 0.3) is 71.2 Å². The fourth-order valence-electron chi connectivity index (χ4n) is 7.76. The molecule has 8 aromatic rings. The molecule has 0 saturated heterocycles. The molecule has 7 aromatic carbocycles. The summed E-state index contributed by atoms with van der Waals surface area (Å²) in [5.41, 5.74) is 8.93. The number of para-hydroxylation sites is 2. The molecule has 1 aromatic heterocycles. The molecule has 1 aliphatic rings. The minimum absolute atomic E-state index is 0.0311. The molecular formula is C42H29NO. The van der Waals surface area contributed by atoms with Crippen molar-refractivity contribution in [2.75, 3.05) is 0 Å². The van der Waals surface area contributed by atoms with Crippen molar-refractivity contribution in [2.45, 2.75) is 19.3 Å². The van der Waals surface area contributed by atoms with Crippen molar-refractivity contribution < 1.29 is 0 Å². The van der Waals surface area contributed by atoms with Crippen molar-refractivity contribution in [3.05, 3.63) is 161 Å². The van der Waals surface area contributed by atoms with Crippen LogP contribution in [-0.4, -0.2) is 4.57 Å². The summed E-state index contributed by atoms with van der Waals surface area (Å²) in [4.78, 5) is 14.4. The predicted octanol–water partition coefficient (Wildman–Crippen LogP) is 10.4. The SMILES string of the molecule is CC1(C)c2ccccc2-n2c(=O)c3ccc(-c4c5ccccc5c(-c5ccccc5)c5ccccc45)cc3c3cccc1c32. The molecule has 0 saturated carbocycles. The standard InChI is InChI=1S/C42H29NO/c1-42(2)35-20-10-11-22-37(35)43-40-32(19-12-21-36(40)42)34-25-27(23-24-33(34)41(43)44)39-30-17-8-6-15-28(30)38(26-13-4-3-5-14-26)29-16-7-9-18-31(29)39/h3-25H,1-2H3. The predicted molar refractivity (Wildman–Crippen MR) is 185 cm³/mol. The maximum atomic E-state index is 14.4. The first-order valence-electron chi connectivity index (χ1n) is 15.2. The third-order valence-electron chi connectivity index (χ3n) is 9.78. The number of hydrogen-bond acceptors (Lipinski definition) is 1. The number of benzene rings is 7. The summed E-state index contributed by atoms with van der Waals surface area (Å²) in [6.07, 6.45) is 0. The number of aromatic nitrogens is 1. The summed E-state index contributed by atoms with van der Waals surface area (Å²) in [5, 5.41) is 7.71. The Bertz CT molecular complexity index is 2480. The van der Waals surface area contributed by atoms with Crippen molar-refractivity contribution in [2.24, 2.45) is 0 Å². The van der Waals surface area contributed by atoms with E-state index >= 15 is 0 Å². The lowest BCUT2D eigenvalue weighted by Gasteiger charge is -2.35. The van der Waals surface area contributed by atoms with Gasteiger partial charge in [0, 0.05) is 16.2 Å². The summed E-state index contributed by atoms with van der Waals surface area (Å²) in [7, 11) is 0. The third-order valence-corrected chi connectivity index (χ3v) is 9.78. The second kappa shape index (κ2) is 9.02. The monoisotopic (exact) mass is 563 g/mol. The Kier molecular flexibility index (Phi) is 5.14. The molecule has 0 unspecified atom stereocenters. The Morgan fingerprint density at radius 1 is 0.455 bits per heavy atom. The highest BCUT2D eigenvalue weighted by atomic mass is 16.1. The van der Waals surface area contributed by atoms with Gasteiger partial charge >= 0.3 is 0 Å². The molecule has 0 spiro atoms. The largest absolute Gasteiger partial charge is 0.276 e. The Hall–Kier alpha value is -5.47. The molecule has 0 radical (unpaired) electrons. The van der Waals surface area contributed by atoms with Crippen molar-refractivity contribution in [1.29, 1.82) is 0 Å². The van der Waals surface area contributed by atoms with E-state index in [1.54, 1.807) is 0 Å². The second-order valence-corrected chi connectivity index (χ2v) is 12.5. The zero-order valence-electron chi connectivity index (χ0n) is 24.6. The molecule has 0 N–H and O–H groups in total. The minimum Gasteiger partial charge on any atom is -0.276 e. The first-order valence-corrected chi connectivity index (χ1v) is 15.2.